The molecule has 0 aliphatic carbocycles. The summed E-state index contributed by atoms with van der Waals surface area (Å²) in [5.74, 6) is 0. The number of aromatic amines is 1. The van der Waals surface area contributed by atoms with E-state index in [1.165, 1.54) is 27.0 Å². The lowest BCUT2D eigenvalue weighted by Gasteiger charge is -2.35. The molecule has 23 heavy (non-hydrogen) atoms. The SMILES string of the molecule is C[C@@H]1c2[nH]c3ccccc3c2CCN1C(=S)NCc1cccs1. The van der Waals surface area contributed by atoms with Crippen LogP contribution in [0.5, 0.6) is 0 Å². The predicted octanol–water partition coefficient (Wildman–Crippen LogP) is 4.22. The summed E-state index contributed by atoms with van der Waals surface area (Å²) in [5, 5.41) is 7.70. The highest BCUT2D eigenvalue weighted by Crippen LogP contribution is 2.34. The van der Waals surface area contributed by atoms with Gasteiger partial charge in [-0.25, -0.2) is 0 Å². The predicted molar refractivity (Wildman–Crippen MR) is 101 cm³/mol. The van der Waals surface area contributed by atoms with Gasteiger partial charge in [-0.2, -0.15) is 0 Å². The van der Waals surface area contributed by atoms with Gasteiger partial charge in [0.15, 0.2) is 5.11 Å². The molecule has 1 aromatic carbocycles. The third kappa shape index (κ3) is 2.64. The lowest BCUT2D eigenvalue weighted by atomic mass is 9.99. The molecule has 0 radical (unpaired) electrons. The Labute approximate surface area is 145 Å². The fourth-order valence-electron chi connectivity index (χ4n) is 3.38. The van der Waals surface area contributed by atoms with Crippen LogP contribution < -0.4 is 5.32 Å². The van der Waals surface area contributed by atoms with E-state index in [4.69, 9.17) is 12.2 Å². The molecule has 1 atom stereocenters. The zero-order valence-corrected chi connectivity index (χ0v) is 14.6. The number of fused-ring (bicyclic) bond motifs is 3. The van der Waals surface area contributed by atoms with Gasteiger partial charge in [-0.05, 0) is 48.6 Å². The summed E-state index contributed by atoms with van der Waals surface area (Å²) in [6, 6.07) is 13.0. The van der Waals surface area contributed by atoms with E-state index < -0.39 is 0 Å². The van der Waals surface area contributed by atoms with E-state index in [-0.39, 0.29) is 6.04 Å². The molecule has 0 fully saturated rings. The minimum absolute atomic E-state index is 0.273. The summed E-state index contributed by atoms with van der Waals surface area (Å²) < 4.78 is 0. The summed E-state index contributed by atoms with van der Waals surface area (Å²) in [6.45, 7) is 4.00. The molecule has 0 amide bonds. The van der Waals surface area contributed by atoms with Gasteiger partial charge in [0.25, 0.3) is 0 Å². The number of hydrogen-bond acceptors (Lipinski definition) is 2. The number of hydrogen-bond donors (Lipinski definition) is 2. The first-order valence-corrected chi connectivity index (χ1v) is 9.19. The number of thiophene rings is 1. The van der Waals surface area contributed by atoms with E-state index in [0.29, 0.717) is 0 Å². The summed E-state index contributed by atoms with van der Waals surface area (Å²) in [6.07, 6.45) is 1.03. The Kier molecular flexibility index (Phi) is 3.83. The monoisotopic (exact) mass is 341 g/mol. The van der Waals surface area contributed by atoms with Gasteiger partial charge in [0.05, 0.1) is 12.6 Å². The highest BCUT2D eigenvalue weighted by molar-refractivity contribution is 7.80. The molecule has 2 aromatic heterocycles. The van der Waals surface area contributed by atoms with E-state index in [1.54, 1.807) is 11.3 Å². The van der Waals surface area contributed by atoms with Crippen LogP contribution in [0, 0.1) is 0 Å². The molecule has 118 valence electrons. The Morgan fingerprint density at radius 1 is 1.35 bits per heavy atom. The van der Waals surface area contributed by atoms with Crippen molar-refractivity contribution in [3.63, 3.8) is 0 Å². The lowest BCUT2D eigenvalue weighted by Crippen LogP contribution is -2.44. The summed E-state index contributed by atoms with van der Waals surface area (Å²) in [7, 11) is 0. The maximum absolute atomic E-state index is 5.64. The van der Waals surface area contributed by atoms with Crippen LogP contribution in [0.4, 0.5) is 0 Å². The van der Waals surface area contributed by atoms with Crippen molar-refractivity contribution in [1.29, 1.82) is 0 Å². The number of nitrogens with one attached hydrogen (secondary N) is 2. The molecule has 2 N–H and O–H groups in total. The zero-order chi connectivity index (χ0) is 15.8. The number of benzene rings is 1. The number of H-pyrrole nitrogens is 1. The summed E-state index contributed by atoms with van der Waals surface area (Å²) in [4.78, 5) is 7.19. The molecule has 3 aromatic rings. The van der Waals surface area contributed by atoms with Gasteiger partial charge in [0.2, 0.25) is 0 Å². The maximum atomic E-state index is 5.64. The average Bonchev–Trinajstić information content (AvgIpc) is 3.21. The number of rotatable bonds is 2. The molecule has 0 spiro atoms. The first-order valence-electron chi connectivity index (χ1n) is 7.90. The second-order valence-corrected chi connectivity index (χ2v) is 7.34. The molecule has 0 saturated carbocycles. The molecule has 4 rings (SSSR count). The molecule has 0 unspecified atom stereocenters. The molecular formula is C18H19N3S2. The number of aromatic nitrogens is 1. The van der Waals surface area contributed by atoms with Crippen LogP contribution in [0.3, 0.4) is 0 Å². The number of nitrogens with zero attached hydrogens (tertiary/aromatic N) is 1. The first kappa shape index (κ1) is 14.7. The average molecular weight is 342 g/mol. The highest BCUT2D eigenvalue weighted by Gasteiger charge is 2.28. The van der Waals surface area contributed by atoms with Gasteiger partial charge in [-0.15, -0.1) is 11.3 Å². The quantitative estimate of drug-likeness (QED) is 0.684. The van der Waals surface area contributed by atoms with E-state index in [1.807, 2.05) is 0 Å². The highest BCUT2D eigenvalue weighted by atomic mass is 32.1. The van der Waals surface area contributed by atoms with E-state index in [2.05, 4.69) is 63.9 Å². The van der Waals surface area contributed by atoms with Crippen molar-refractivity contribution in [2.24, 2.45) is 0 Å². The Morgan fingerprint density at radius 2 is 2.22 bits per heavy atom. The van der Waals surface area contributed by atoms with E-state index >= 15 is 0 Å². The third-order valence-electron chi connectivity index (χ3n) is 4.59. The van der Waals surface area contributed by atoms with Crippen molar-refractivity contribution >= 4 is 39.6 Å². The van der Waals surface area contributed by atoms with Crippen LogP contribution in [0.2, 0.25) is 0 Å². The fourth-order valence-corrected chi connectivity index (χ4v) is 4.35. The Balaban J connectivity index is 1.54. The van der Waals surface area contributed by atoms with Gasteiger partial charge >= 0.3 is 0 Å². The van der Waals surface area contributed by atoms with Crippen molar-refractivity contribution in [3.8, 4) is 0 Å². The second kappa shape index (κ2) is 5.98. The zero-order valence-electron chi connectivity index (χ0n) is 13.0. The van der Waals surface area contributed by atoms with Crippen LogP contribution in [0.25, 0.3) is 10.9 Å². The third-order valence-corrected chi connectivity index (χ3v) is 5.84. The van der Waals surface area contributed by atoms with Crippen LogP contribution >= 0.6 is 23.6 Å². The van der Waals surface area contributed by atoms with Gasteiger partial charge < -0.3 is 15.2 Å². The molecule has 1 aliphatic rings. The van der Waals surface area contributed by atoms with Gasteiger partial charge in [0.1, 0.15) is 0 Å². The topological polar surface area (TPSA) is 31.1 Å². The van der Waals surface area contributed by atoms with Gasteiger partial charge in [-0.3, -0.25) is 0 Å². The summed E-state index contributed by atoms with van der Waals surface area (Å²) in [5.41, 5.74) is 3.98. The van der Waals surface area contributed by atoms with Gasteiger partial charge in [0, 0.05) is 28.0 Å². The first-order chi connectivity index (χ1) is 11.2. The van der Waals surface area contributed by atoms with Crippen LogP contribution in [-0.4, -0.2) is 21.5 Å². The molecule has 3 heterocycles. The van der Waals surface area contributed by atoms with Crippen molar-refractivity contribution < 1.29 is 0 Å². The standard InChI is InChI=1S/C18H19N3S2/c1-12-17-15(14-6-2-3-7-16(14)20-17)8-9-21(12)18(22)19-11-13-5-4-10-23-13/h2-7,10,12,20H,8-9,11H2,1H3,(H,19,22)/t12-/m1/s1. The van der Waals surface area contributed by atoms with Crippen LogP contribution in [0.1, 0.15) is 29.1 Å². The minimum atomic E-state index is 0.273. The molecule has 3 nitrogen and oxygen atoms in total. The molecule has 1 aliphatic heterocycles. The van der Waals surface area contributed by atoms with E-state index in [0.717, 1.165) is 24.6 Å². The van der Waals surface area contributed by atoms with Crippen molar-refractivity contribution in [2.75, 3.05) is 6.54 Å². The fraction of sp³-hybridized carbons (Fsp3) is 0.278. The molecular weight excluding hydrogens is 322 g/mol. The summed E-state index contributed by atoms with van der Waals surface area (Å²) >= 11 is 7.40. The van der Waals surface area contributed by atoms with Gasteiger partial charge in [-0.1, -0.05) is 24.3 Å². The molecule has 0 saturated heterocycles. The van der Waals surface area contributed by atoms with Crippen molar-refractivity contribution in [2.45, 2.75) is 25.9 Å². The Hall–Kier alpha value is -1.85. The maximum Gasteiger partial charge on any atom is 0.169 e. The molecule has 0 bridgehead atoms. The number of para-hydroxylation sites is 1. The minimum Gasteiger partial charge on any atom is -0.358 e. The van der Waals surface area contributed by atoms with Crippen molar-refractivity contribution in [3.05, 3.63) is 57.9 Å². The Morgan fingerprint density at radius 3 is 3.04 bits per heavy atom. The number of thiocarbonyl (C=S) groups is 1. The van der Waals surface area contributed by atoms with E-state index in [9.17, 15) is 0 Å². The molecule has 5 heteroatoms. The largest absolute Gasteiger partial charge is 0.358 e. The smallest absolute Gasteiger partial charge is 0.169 e. The van der Waals surface area contributed by atoms with Crippen LogP contribution in [0.15, 0.2) is 41.8 Å². The second-order valence-electron chi connectivity index (χ2n) is 5.92. The Bertz CT molecular complexity index is 835. The van der Waals surface area contributed by atoms with Crippen molar-refractivity contribution in [1.82, 2.24) is 15.2 Å². The van der Waals surface area contributed by atoms with Crippen LogP contribution in [-0.2, 0) is 13.0 Å². The lowest BCUT2D eigenvalue weighted by molar-refractivity contribution is 0.310. The normalized spacial score (nSPS) is 17.3.